The maximum atomic E-state index is 12.9. The van der Waals surface area contributed by atoms with Crippen molar-refractivity contribution in [1.29, 1.82) is 0 Å². The highest BCUT2D eigenvalue weighted by Gasteiger charge is 2.33. The second-order valence-electron chi connectivity index (χ2n) is 4.06. The first kappa shape index (κ1) is 12.5. The minimum atomic E-state index is -4.44. The minimum Gasteiger partial charge on any atom is -0.507 e. The van der Waals surface area contributed by atoms with Crippen molar-refractivity contribution in [2.24, 2.45) is 0 Å². The van der Waals surface area contributed by atoms with Crippen molar-refractivity contribution < 1.29 is 18.3 Å². The van der Waals surface area contributed by atoms with Crippen molar-refractivity contribution >= 4 is 0 Å². The van der Waals surface area contributed by atoms with E-state index in [1.54, 1.807) is 19.1 Å². The fourth-order valence-electron chi connectivity index (χ4n) is 1.83. The fourth-order valence-corrected chi connectivity index (χ4v) is 1.83. The second-order valence-corrected chi connectivity index (χ2v) is 4.06. The topological polar surface area (TPSA) is 20.2 Å². The van der Waals surface area contributed by atoms with E-state index in [9.17, 15) is 18.3 Å². The number of benzene rings is 2. The van der Waals surface area contributed by atoms with E-state index in [4.69, 9.17) is 0 Å². The van der Waals surface area contributed by atoms with Crippen molar-refractivity contribution in [1.82, 2.24) is 0 Å². The van der Waals surface area contributed by atoms with Crippen LogP contribution >= 0.6 is 0 Å². The standard InChI is InChI=1S/C14H11F3O/c1-9-6-7-13(18)11(8-9)10-4-2-3-5-12(10)14(15,16)17/h2-8,18H,1H3. The zero-order chi connectivity index (χ0) is 13.3. The molecule has 0 bridgehead atoms. The Hall–Kier alpha value is -1.97. The number of alkyl halides is 3. The third kappa shape index (κ3) is 2.32. The molecule has 0 aliphatic heterocycles. The molecule has 94 valence electrons. The van der Waals surface area contributed by atoms with Crippen LogP contribution in [-0.4, -0.2) is 5.11 Å². The summed E-state index contributed by atoms with van der Waals surface area (Å²) in [6.45, 7) is 1.76. The van der Waals surface area contributed by atoms with Gasteiger partial charge in [0.15, 0.2) is 0 Å². The zero-order valence-corrected chi connectivity index (χ0v) is 9.62. The van der Waals surface area contributed by atoms with Crippen LogP contribution in [0.3, 0.4) is 0 Å². The lowest BCUT2D eigenvalue weighted by molar-refractivity contribution is -0.137. The van der Waals surface area contributed by atoms with Crippen LogP contribution in [-0.2, 0) is 6.18 Å². The first-order valence-electron chi connectivity index (χ1n) is 5.36. The molecule has 0 aliphatic carbocycles. The molecule has 2 aromatic rings. The molecule has 0 amide bonds. The van der Waals surface area contributed by atoms with E-state index in [0.29, 0.717) is 0 Å². The average Bonchev–Trinajstić information content (AvgIpc) is 2.31. The zero-order valence-electron chi connectivity index (χ0n) is 9.62. The molecule has 0 saturated heterocycles. The van der Waals surface area contributed by atoms with Gasteiger partial charge in [-0.1, -0.05) is 29.8 Å². The van der Waals surface area contributed by atoms with Crippen LogP contribution < -0.4 is 0 Å². The van der Waals surface area contributed by atoms with Gasteiger partial charge in [-0.3, -0.25) is 0 Å². The highest BCUT2D eigenvalue weighted by atomic mass is 19.4. The number of phenols is 1. The first-order valence-corrected chi connectivity index (χ1v) is 5.36. The third-order valence-electron chi connectivity index (χ3n) is 2.67. The Bertz CT molecular complexity index is 573. The van der Waals surface area contributed by atoms with Crippen molar-refractivity contribution in [3.63, 3.8) is 0 Å². The van der Waals surface area contributed by atoms with Gasteiger partial charge in [0.2, 0.25) is 0 Å². The maximum Gasteiger partial charge on any atom is 0.417 e. The Kier molecular flexibility index (Phi) is 3.03. The largest absolute Gasteiger partial charge is 0.507 e. The summed E-state index contributed by atoms with van der Waals surface area (Å²) in [5.41, 5.74) is 0.236. The molecule has 1 nitrogen and oxygen atoms in total. The summed E-state index contributed by atoms with van der Waals surface area (Å²) in [5, 5.41) is 9.71. The summed E-state index contributed by atoms with van der Waals surface area (Å²) < 4.78 is 38.7. The van der Waals surface area contributed by atoms with Crippen molar-refractivity contribution in [2.75, 3.05) is 0 Å². The molecule has 0 unspecified atom stereocenters. The molecule has 2 aromatic carbocycles. The van der Waals surface area contributed by atoms with Crippen LogP contribution in [0.1, 0.15) is 11.1 Å². The van der Waals surface area contributed by atoms with Gasteiger partial charge in [-0.25, -0.2) is 0 Å². The quantitative estimate of drug-likeness (QED) is 0.798. The minimum absolute atomic E-state index is 0.00815. The molecule has 0 saturated carbocycles. The lowest BCUT2D eigenvalue weighted by atomic mass is 9.97. The van der Waals surface area contributed by atoms with Gasteiger partial charge >= 0.3 is 6.18 Å². The predicted octanol–water partition coefficient (Wildman–Crippen LogP) is 4.39. The van der Waals surface area contributed by atoms with Gasteiger partial charge in [0.1, 0.15) is 5.75 Å². The molecule has 0 aliphatic rings. The summed E-state index contributed by atoms with van der Waals surface area (Å²) in [4.78, 5) is 0. The van der Waals surface area contributed by atoms with Gasteiger partial charge in [0.25, 0.3) is 0 Å². The lowest BCUT2D eigenvalue weighted by Gasteiger charge is -2.14. The Morgan fingerprint density at radius 3 is 2.28 bits per heavy atom. The second kappa shape index (κ2) is 4.37. The van der Waals surface area contributed by atoms with Crippen LogP contribution in [0.2, 0.25) is 0 Å². The highest BCUT2D eigenvalue weighted by molar-refractivity contribution is 5.74. The number of rotatable bonds is 1. The molecule has 2 rings (SSSR count). The number of hydrogen-bond acceptors (Lipinski definition) is 1. The van der Waals surface area contributed by atoms with E-state index in [-0.39, 0.29) is 16.9 Å². The van der Waals surface area contributed by atoms with Gasteiger partial charge in [-0.2, -0.15) is 13.2 Å². The monoisotopic (exact) mass is 252 g/mol. The Morgan fingerprint density at radius 1 is 0.944 bits per heavy atom. The Balaban J connectivity index is 2.68. The van der Waals surface area contributed by atoms with E-state index >= 15 is 0 Å². The summed E-state index contributed by atoms with van der Waals surface area (Å²) in [6, 6.07) is 9.81. The summed E-state index contributed by atoms with van der Waals surface area (Å²) >= 11 is 0. The average molecular weight is 252 g/mol. The molecule has 4 heteroatoms. The number of aryl methyl sites for hydroxylation is 1. The van der Waals surface area contributed by atoms with Crippen molar-refractivity contribution in [3.05, 3.63) is 53.6 Å². The summed E-state index contributed by atoms with van der Waals surface area (Å²) in [7, 11) is 0. The van der Waals surface area contributed by atoms with E-state index < -0.39 is 11.7 Å². The number of phenolic OH excluding ortho intramolecular Hbond substituents is 1. The van der Waals surface area contributed by atoms with Gasteiger partial charge < -0.3 is 5.11 Å². The Morgan fingerprint density at radius 2 is 1.61 bits per heavy atom. The maximum absolute atomic E-state index is 12.9. The molecule has 18 heavy (non-hydrogen) atoms. The Labute approximate surface area is 103 Å². The molecule has 0 atom stereocenters. The summed E-state index contributed by atoms with van der Waals surface area (Å²) in [5.74, 6) is -0.155. The molecular formula is C14H11F3O. The van der Waals surface area contributed by atoms with Gasteiger partial charge in [0.05, 0.1) is 5.56 Å². The smallest absolute Gasteiger partial charge is 0.417 e. The van der Waals surface area contributed by atoms with E-state index in [2.05, 4.69) is 0 Å². The van der Waals surface area contributed by atoms with Gasteiger partial charge in [0, 0.05) is 5.56 Å². The van der Waals surface area contributed by atoms with Crippen LogP contribution in [0.15, 0.2) is 42.5 Å². The fraction of sp³-hybridized carbons (Fsp3) is 0.143. The third-order valence-corrected chi connectivity index (χ3v) is 2.67. The molecule has 0 heterocycles. The van der Waals surface area contributed by atoms with Crippen LogP contribution in [0.4, 0.5) is 13.2 Å². The molecule has 0 fully saturated rings. The molecule has 1 N–H and O–H groups in total. The van der Waals surface area contributed by atoms with E-state index in [1.165, 1.54) is 24.3 Å². The molecule has 0 aromatic heterocycles. The predicted molar refractivity (Wildman–Crippen MR) is 63.3 cm³/mol. The van der Waals surface area contributed by atoms with Crippen LogP contribution in [0.25, 0.3) is 11.1 Å². The number of aromatic hydroxyl groups is 1. The highest BCUT2D eigenvalue weighted by Crippen LogP contribution is 2.40. The summed E-state index contributed by atoms with van der Waals surface area (Å²) in [6.07, 6.45) is -4.44. The van der Waals surface area contributed by atoms with Gasteiger partial charge in [-0.05, 0) is 30.7 Å². The first-order chi connectivity index (χ1) is 8.39. The number of halogens is 3. The molecular weight excluding hydrogens is 241 g/mol. The van der Waals surface area contributed by atoms with Crippen LogP contribution in [0, 0.1) is 6.92 Å². The van der Waals surface area contributed by atoms with Gasteiger partial charge in [-0.15, -0.1) is 0 Å². The van der Waals surface area contributed by atoms with E-state index in [0.717, 1.165) is 11.6 Å². The number of hydrogen-bond donors (Lipinski definition) is 1. The molecule has 0 radical (unpaired) electrons. The lowest BCUT2D eigenvalue weighted by Crippen LogP contribution is -2.06. The van der Waals surface area contributed by atoms with Crippen molar-refractivity contribution in [2.45, 2.75) is 13.1 Å². The van der Waals surface area contributed by atoms with Crippen molar-refractivity contribution in [3.8, 4) is 16.9 Å². The SMILES string of the molecule is Cc1ccc(O)c(-c2ccccc2C(F)(F)F)c1. The van der Waals surface area contributed by atoms with Crippen LogP contribution in [0.5, 0.6) is 5.75 Å². The molecule has 0 spiro atoms. The normalized spacial score (nSPS) is 11.6. The van der Waals surface area contributed by atoms with E-state index in [1.807, 2.05) is 0 Å².